The number of pyridine rings is 1. The molecule has 1 fully saturated rings. The predicted octanol–water partition coefficient (Wildman–Crippen LogP) is 4.27. The van der Waals surface area contributed by atoms with Gasteiger partial charge in [-0.05, 0) is 47.9 Å². The number of para-hydroxylation sites is 1. The van der Waals surface area contributed by atoms with Crippen molar-refractivity contribution in [3.63, 3.8) is 0 Å². The lowest BCUT2D eigenvalue weighted by molar-refractivity contribution is 0.0954. The normalized spacial score (nSPS) is 14.0. The molecule has 0 saturated carbocycles. The minimum atomic E-state index is -0.197. The van der Waals surface area contributed by atoms with Crippen LogP contribution in [0.1, 0.15) is 16.1 Å². The van der Waals surface area contributed by atoms with Crippen LogP contribution in [0.25, 0.3) is 10.8 Å². The highest BCUT2D eigenvalue weighted by Gasteiger charge is 2.22. The molecule has 1 N–H and O–H groups in total. The van der Waals surface area contributed by atoms with E-state index in [0.29, 0.717) is 37.3 Å². The number of furan rings is 1. The van der Waals surface area contributed by atoms with Crippen LogP contribution >= 0.6 is 0 Å². The SMILES string of the molecule is O=C(NCCc1ccco1)c1ccc2ccnc(N3CCN(c4ccccc4F)CC3)c2c1. The molecule has 3 heterocycles. The molecule has 7 heteroatoms. The second kappa shape index (κ2) is 9.32. The Morgan fingerprint density at radius 3 is 2.61 bits per heavy atom. The van der Waals surface area contributed by atoms with E-state index in [0.717, 1.165) is 35.4 Å². The first-order valence-corrected chi connectivity index (χ1v) is 11.1. The summed E-state index contributed by atoms with van der Waals surface area (Å²) in [5.74, 6) is 1.38. The van der Waals surface area contributed by atoms with Gasteiger partial charge in [0.25, 0.3) is 5.91 Å². The van der Waals surface area contributed by atoms with Crippen molar-refractivity contribution in [3.8, 4) is 0 Å². The molecule has 0 unspecified atom stereocenters. The first-order chi connectivity index (χ1) is 16.2. The molecule has 1 aliphatic rings. The summed E-state index contributed by atoms with van der Waals surface area (Å²) in [6, 6.07) is 18.3. The van der Waals surface area contributed by atoms with Crippen LogP contribution in [0.5, 0.6) is 0 Å². The zero-order valence-corrected chi connectivity index (χ0v) is 18.2. The van der Waals surface area contributed by atoms with E-state index >= 15 is 0 Å². The summed E-state index contributed by atoms with van der Waals surface area (Å²) in [4.78, 5) is 21.6. The first kappa shape index (κ1) is 21.0. The monoisotopic (exact) mass is 444 g/mol. The number of nitrogens with one attached hydrogen (secondary N) is 1. The van der Waals surface area contributed by atoms with E-state index in [9.17, 15) is 9.18 Å². The molecule has 2 aromatic carbocycles. The Kier molecular flexibility index (Phi) is 5.93. The van der Waals surface area contributed by atoms with Crippen molar-refractivity contribution in [3.05, 3.63) is 90.3 Å². The van der Waals surface area contributed by atoms with Gasteiger partial charge >= 0.3 is 0 Å². The van der Waals surface area contributed by atoms with Crippen LogP contribution < -0.4 is 15.1 Å². The number of halogens is 1. The Morgan fingerprint density at radius 1 is 1.00 bits per heavy atom. The maximum Gasteiger partial charge on any atom is 0.251 e. The van der Waals surface area contributed by atoms with Gasteiger partial charge in [0.15, 0.2) is 0 Å². The summed E-state index contributed by atoms with van der Waals surface area (Å²) in [6.07, 6.45) is 4.07. The summed E-state index contributed by atoms with van der Waals surface area (Å²) >= 11 is 0. The minimum absolute atomic E-state index is 0.123. The van der Waals surface area contributed by atoms with Gasteiger partial charge in [0.2, 0.25) is 0 Å². The van der Waals surface area contributed by atoms with Gasteiger partial charge in [0.1, 0.15) is 17.4 Å². The summed E-state index contributed by atoms with van der Waals surface area (Å²) in [6.45, 7) is 3.35. The van der Waals surface area contributed by atoms with Gasteiger partial charge < -0.3 is 19.5 Å². The van der Waals surface area contributed by atoms with E-state index in [2.05, 4.69) is 20.1 Å². The topological polar surface area (TPSA) is 61.6 Å². The zero-order valence-electron chi connectivity index (χ0n) is 18.2. The average Bonchev–Trinajstić information content (AvgIpc) is 3.37. The average molecular weight is 445 g/mol. The standard InChI is InChI=1S/C26H25FN4O2/c27-23-5-1-2-6-24(23)30-13-15-31(16-14-30)25-22-18-20(8-7-19(22)9-11-28-25)26(32)29-12-10-21-4-3-17-33-21/h1-9,11,17-18H,10,12-16H2,(H,29,32). The minimum Gasteiger partial charge on any atom is -0.469 e. The predicted molar refractivity (Wildman–Crippen MR) is 127 cm³/mol. The van der Waals surface area contributed by atoms with Crippen molar-refractivity contribution in [2.24, 2.45) is 0 Å². The van der Waals surface area contributed by atoms with Crippen molar-refractivity contribution >= 4 is 28.2 Å². The van der Waals surface area contributed by atoms with Crippen molar-refractivity contribution in [2.45, 2.75) is 6.42 Å². The van der Waals surface area contributed by atoms with Crippen molar-refractivity contribution in [1.82, 2.24) is 10.3 Å². The van der Waals surface area contributed by atoms with Gasteiger partial charge in [0, 0.05) is 56.3 Å². The molecule has 33 heavy (non-hydrogen) atoms. The highest BCUT2D eigenvalue weighted by molar-refractivity contribution is 6.01. The summed E-state index contributed by atoms with van der Waals surface area (Å²) in [7, 11) is 0. The molecule has 2 aromatic heterocycles. The molecule has 6 nitrogen and oxygen atoms in total. The molecule has 1 amide bonds. The van der Waals surface area contributed by atoms with Gasteiger partial charge in [-0.15, -0.1) is 0 Å². The third kappa shape index (κ3) is 4.53. The third-order valence-corrected chi connectivity index (χ3v) is 6.02. The molecule has 168 valence electrons. The first-order valence-electron chi connectivity index (χ1n) is 11.1. The fraction of sp³-hybridized carbons (Fsp3) is 0.231. The number of fused-ring (bicyclic) bond motifs is 1. The van der Waals surface area contributed by atoms with E-state index in [1.54, 1.807) is 18.5 Å². The second-order valence-corrected chi connectivity index (χ2v) is 8.08. The molecule has 1 saturated heterocycles. The summed E-state index contributed by atoms with van der Waals surface area (Å²) in [5.41, 5.74) is 1.23. The van der Waals surface area contributed by atoms with Crippen LogP contribution in [-0.4, -0.2) is 43.6 Å². The fourth-order valence-electron chi connectivity index (χ4n) is 4.27. The Hall–Kier alpha value is -3.87. The number of anilines is 2. The maximum atomic E-state index is 14.2. The number of piperazine rings is 1. The number of nitrogens with zero attached hydrogens (tertiary/aromatic N) is 3. The molecule has 0 atom stereocenters. The number of hydrogen-bond donors (Lipinski definition) is 1. The molecule has 0 radical (unpaired) electrons. The maximum absolute atomic E-state index is 14.2. The summed E-state index contributed by atoms with van der Waals surface area (Å²) in [5, 5.41) is 4.93. The largest absolute Gasteiger partial charge is 0.469 e. The number of rotatable bonds is 6. The van der Waals surface area contributed by atoms with Crippen LogP contribution in [0.3, 0.4) is 0 Å². The van der Waals surface area contributed by atoms with Crippen LogP contribution in [0.2, 0.25) is 0 Å². The van der Waals surface area contributed by atoms with Crippen molar-refractivity contribution in [2.75, 3.05) is 42.5 Å². The highest BCUT2D eigenvalue weighted by Crippen LogP contribution is 2.28. The zero-order chi connectivity index (χ0) is 22.6. The number of benzene rings is 2. The molecule has 1 aliphatic heterocycles. The van der Waals surface area contributed by atoms with Gasteiger partial charge in [-0.25, -0.2) is 9.37 Å². The van der Waals surface area contributed by atoms with Gasteiger partial charge in [-0.3, -0.25) is 4.79 Å². The van der Waals surface area contributed by atoms with Gasteiger partial charge in [-0.2, -0.15) is 0 Å². The smallest absolute Gasteiger partial charge is 0.251 e. The quantitative estimate of drug-likeness (QED) is 0.481. The Morgan fingerprint density at radius 2 is 1.82 bits per heavy atom. The van der Waals surface area contributed by atoms with E-state index < -0.39 is 0 Å². The Labute approximate surface area is 191 Å². The van der Waals surface area contributed by atoms with Crippen molar-refractivity contribution < 1.29 is 13.6 Å². The molecule has 5 rings (SSSR count). The van der Waals surface area contributed by atoms with Crippen LogP contribution in [-0.2, 0) is 6.42 Å². The molecule has 0 aliphatic carbocycles. The van der Waals surface area contributed by atoms with Crippen molar-refractivity contribution in [1.29, 1.82) is 0 Å². The second-order valence-electron chi connectivity index (χ2n) is 8.08. The molecule has 4 aromatic rings. The lowest BCUT2D eigenvalue weighted by atomic mass is 10.1. The van der Waals surface area contributed by atoms with Crippen LogP contribution in [0.4, 0.5) is 15.9 Å². The van der Waals surface area contributed by atoms with E-state index in [1.165, 1.54) is 6.07 Å². The Balaban J connectivity index is 1.30. The van der Waals surface area contributed by atoms with E-state index in [1.807, 2.05) is 48.5 Å². The number of hydrogen-bond acceptors (Lipinski definition) is 5. The lowest BCUT2D eigenvalue weighted by Gasteiger charge is -2.37. The molecule has 0 bridgehead atoms. The lowest BCUT2D eigenvalue weighted by Crippen LogP contribution is -2.47. The Bertz CT molecular complexity index is 1250. The van der Waals surface area contributed by atoms with Gasteiger partial charge in [0.05, 0.1) is 12.0 Å². The van der Waals surface area contributed by atoms with Crippen LogP contribution in [0.15, 0.2) is 77.5 Å². The molecule has 0 spiro atoms. The van der Waals surface area contributed by atoms with Gasteiger partial charge in [-0.1, -0.05) is 18.2 Å². The fourth-order valence-corrected chi connectivity index (χ4v) is 4.27. The third-order valence-electron chi connectivity index (χ3n) is 6.02. The highest BCUT2D eigenvalue weighted by atomic mass is 19.1. The number of carbonyl (C=O) groups excluding carboxylic acids is 1. The van der Waals surface area contributed by atoms with E-state index in [-0.39, 0.29) is 11.7 Å². The summed E-state index contributed by atoms with van der Waals surface area (Å²) < 4.78 is 19.5. The molecular formula is C26H25FN4O2. The van der Waals surface area contributed by atoms with Crippen LogP contribution in [0, 0.1) is 5.82 Å². The van der Waals surface area contributed by atoms with E-state index in [4.69, 9.17) is 4.42 Å². The molecular weight excluding hydrogens is 419 g/mol. The number of aromatic nitrogens is 1. The number of carbonyl (C=O) groups is 1. The number of amides is 1.